The van der Waals surface area contributed by atoms with Gasteiger partial charge in [0.25, 0.3) is 0 Å². The number of nitrogens with zero attached hydrogens (tertiary/aromatic N) is 1. The first-order valence-electron chi connectivity index (χ1n) is 9.62. The topological polar surface area (TPSA) is 78.9 Å². The molecule has 0 saturated heterocycles. The summed E-state index contributed by atoms with van der Waals surface area (Å²) < 4.78 is 48.4. The van der Waals surface area contributed by atoms with E-state index in [1.165, 1.54) is 16.4 Å². The lowest BCUT2D eigenvalue weighted by Crippen LogP contribution is -2.49. The minimum Gasteiger partial charge on any atom is -0.487 e. The van der Waals surface area contributed by atoms with Crippen molar-refractivity contribution >= 4 is 10.0 Å². The number of sulfonamides is 1. The van der Waals surface area contributed by atoms with Crippen LogP contribution < -0.4 is 10.1 Å². The minimum atomic E-state index is -3.90. The molecule has 6 nitrogen and oxygen atoms in total. The van der Waals surface area contributed by atoms with E-state index in [4.69, 9.17) is 4.74 Å². The van der Waals surface area contributed by atoms with Crippen molar-refractivity contribution < 1.29 is 22.7 Å². The lowest BCUT2D eigenvalue weighted by molar-refractivity contribution is 0.103. The maximum absolute atomic E-state index is 14.3. The van der Waals surface area contributed by atoms with E-state index in [9.17, 15) is 17.9 Å². The van der Waals surface area contributed by atoms with Crippen molar-refractivity contribution in [1.29, 1.82) is 0 Å². The Morgan fingerprint density at radius 3 is 2.69 bits per heavy atom. The first-order valence-corrected chi connectivity index (χ1v) is 11.1. The van der Waals surface area contributed by atoms with Gasteiger partial charge in [-0.2, -0.15) is 4.31 Å². The van der Waals surface area contributed by atoms with E-state index in [2.05, 4.69) is 5.32 Å². The molecule has 158 valence electrons. The van der Waals surface area contributed by atoms with Gasteiger partial charge in [0.15, 0.2) is 0 Å². The molecule has 0 amide bonds. The molecule has 1 heterocycles. The summed E-state index contributed by atoms with van der Waals surface area (Å²) in [6.07, 6.45) is -0.293. The first kappa shape index (κ1) is 21.7. The number of nitrogens with one attached hydrogen (secondary N) is 1. The van der Waals surface area contributed by atoms with Gasteiger partial charge in [-0.15, -0.1) is 0 Å². The van der Waals surface area contributed by atoms with Crippen molar-refractivity contribution in [2.75, 3.05) is 26.7 Å². The number of benzene rings is 2. The van der Waals surface area contributed by atoms with Crippen LogP contribution in [-0.4, -0.2) is 56.7 Å². The molecule has 1 aliphatic heterocycles. The fourth-order valence-corrected chi connectivity index (χ4v) is 5.36. The predicted octanol–water partition coefficient (Wildman–Crippen LogP) is 2.48. The molecule has 0 fully saturated rings. The monoisotopic (exact) mass is 422 g/mol. The average Bonchev–Trinajstić information content (AvgIpc) is 2.70. The second-order valence-corrected chi connectivity index (χ2v) is 9.30. The Balaban J connectivity index is 2.17. The van der Waals surface area contributed by atoms with Crippen LogP contribution in [0.2, 0.25) is 0 Å². The van der Waals surface area contributed by atoms with Gasteiger partial charge in [0.1, 0.15) is 22.6 Å². The Hall–Kier alpha value is -2.00. The first-order chi connectivity index (χ1) is 13.8. The molecule has 0 bridgehead atoms. The van der Waals surface area contributed by atoms with Gasteiger partial charge in [0, 0.05) is 30.6 Å². The van der Waals surface area contributed by atoms with E-state index in [1.807, 2.05) is 6.92 Å². The van der Waals surface area contributed by atoms with E-state index >= 15 is 0 Å². The largest absolute Gasteiger partial charge is 0.487 e. The van der Waals surface area contributed by atoms with Gasteiger partial charge in [0.05, 0.1) is 6.61 Å². The Labute approximate surface area is 171 Å². The Bertz CT molecular complexity index is 967. The van der Waals surface area contributed by atoms with Crippen LogP contribution in [0.5, 0.6) is 5.75 Å². The SMILES string of the molecule is CNC[C@H]1Oc2cc(-c3ccccc3F)ccc2S(=O)(=O)N([C@@H](C)CO)C[C@@H]1C. The number of hydrogen-bond acceptors (Lipinski definition) is 5. The van der Waals surface area contributed by atoms with Gasteiger partial charge in [-0.05, 0) is 37.7 Å². The Kier molecular flexibility index (Phi) is 6.58. The zero-order chi connectivity index (χ0) is 21.2. The molecule has 29 heavy (non-hydrogen) atoms. The predicted molar refractivity (Wildman–Crippen MR) is 110 cm³/mol. The zero-order valence-corrected chi connectivity index (χ0v) is 17.6. The fourth-order valence-electron chi connectivity index (χ4n) is 3.53. The van der Waals surface area contributed by atoms with Crippen LogP contribution in [0, 0.1) is 11.7 Å². The maximum atomic E-state index is 14.3. The van der Waals surface area contributed by atoms with E-state index in [1.54, 1.807) is 44.3 Å². The number of hydrogen-bond donors (Lipinski definition) is 2. The molecule has 0 aromatic heterocycles. The molecular formula is C21H27FN2O4S. The molecule has 8 heteroatoms. The standard InChI is InChI=1S/C21H27FN2O4S/c1-14-12-24(15(2)13-25)29(26,27)21-9-8-16(17-6-4-5-7-18(17)22)10-19(21)28-20(14)11-23-3/h4-10,14-15,20,23,25H,11-13H2,1-3H3/t14-,15-,20+/m0/s1. The van der Waals surface area contributed by atoms with Crippen molar-refractivity contribution in [2.45, 2.75) is 30.9 Å². The number of aliphatic hydroxyl groups excluding tert-OH is 1. The molecular weight excluding hydrogens is 395 g/mol. The number of likely N-dealkylation sites (N-methyl/N-ethyl adjacent to an activating group) is 1. The number of rotatable bonds is 5. The summed E-state index contributed by atoms with van der Waals surface area (Å²) in [5.41, 5.74) is 0.910. The van der Waals surface area contributed by atoms with E-state index in [0.717, 1.165) is 0 Å². The molecule has 1 aliphatic rings. The zero-order valence-electron chi connectivity index (χ0n) is 16.8. The van der Waals surface area contributed by atoms with Gasteiger partial charge < -0.3 is 15.2 Å². The fraction of sp³-hybridized carbons (Fsp3) is 0.429. The lowest BCUT2D eigenvalue weighted by Gasteiger charge is -2.36. The van der Waals surface area contributed by atoms with Crippen LogP contribution in [0.1, 0.15) is 13.8 Å². The summed E-state index contributed by atoms with van der Waals surface area (Å²) in [6, 6.07) is 10.4. The molecule has 3 rings (SSSR count). The van der Waals surface area contributed by atoms with Gasteiger partial charge in [-0.3, -0.25) is 0 Å². The van der Waals surface area contributed by atoms with Crippen molar-refractivity contribution in [2.24, 2.45) is 5.92 Å². The van der Waals surface area contributed by atoms with Gasteiger partial charge in [0.2, 0.25) is 10.0 Å². The Morgan fingerprint density at radius 1 is 1.31 bits per heavy atom. The van der Waals surface area contributed by atoms with Gasteiger partial charge in [-0.25, -0.2) is 12.8 Å². The highest BCUT2D eigenvalue weighted by Gasteiger charge is 2.37. The summed E-state index contributed by atoms with van der Waals surface area (Å²) in [7, 11) is -2.10. The third-order valence-electron chi connectivity index (χ3n) is 5.26. The number of ether oxygens (including phenoxy) is 1. The summed E-state index contributed by atoms with van der Waals surface area (Å²) in [5, 5.41) is 12.7. The van der Waals surface area contributed by atoms with E-state index < -0.39 is 21.9 Å². The highest BCUT2D eigenvalue weighted by atomic mass is 32.2. The lowest BCUT2D eigenvalue weighted by atomic mass is 10.0. The highest BCUT2D eigenvalue weighted by molar-refractivity contribution is 7.89. The van der Waals surface area contributed by atoms with Crippen molar-refractivity contribution in [1.82, 2.24) is 9.62 Å². The average molecular weight is 423 g/mol. The summed E-state index contributed by atoms with van der Waals surface area (Å²) in [5.74, 6) is -0.332. The van der Waals surface area contributed by atoms with Crippen LogP contribution in [0.25, 0.3) is 11.1 Å². The van der Waals surface area contributed by atoms with Crippen LogP contribution in [-0.2, 0) is 10.0 Å². The molecule has 2 aromatic rings. The molecule has 0 radical (unpaired) electrons. The quantitative estimate of drug-likeness (QED) is 0.774. The third-order valence-corrected chi connectivity index (χ3v) is 7.28. The summed E-state index contributed by atoms with van der Waals surface area (Å²) in [4.78, 5) is 0.0193. The number of fused-ring (bicyclic) bond motifs is 1. The van der Waals surface area contributed by atoms with Gasteiger partial charge >= 0.3 is 0 Å². The Morgan fingerprint density at radius 2 is 2.03 bits per heavy atom. The normalized spacial score (nSPS) is 22.8. The molecule has 2 N–H and O–H groups in total. The van der Waals surface area contributed by atoms with Crippen LogP contribution >= 0.6 is 0 Å². The third kappa shape index (κ3) is 4.30. The minimum absolute atomic E-state index is 0.0193. The van der Waals surface area contributed by atoms with E-state index in [-0.39, 0.29) is 35.8 Å². The number of halogens is 1. The van der Waals surface area contributed by atoms with E-state index in [0.29, 0.717) is 17.7 Å². The maximum Gasteiger partial charge on any atom is 0.247 e. The molecule has 3 atom stereocenters. The second-order valence-electron chi connectivity index (χ2n) is 7.44. The second kappa shape index (κ2) is 8.79. The molecule has 0 unspecified atom stereocenters. The van der Waals surface area contributed by atoms with Crippen LogP contribution in [0.3, 0.4) is 0 Å². The smallest absolute Gasteiger partial charge is 0.247 e. The summed E-state index contributed by atoms with van der Waals surface area (Å²) in [6.45, 7) is 4.05. The molecule has 0 aliphatic carbocycles. The van der Waals surface area contributed by atoms with Crippen LogP contribution in [0.15, 0.2) is 47.4 Å². The van der Waals surface area contributed by atoms with Crippen LogP contribution in [0.4, 0.5) is 4.39 Å². The van der Waals surface area contributed by atoms with Crippen molar-refractivity contribution in [3.8, 4) is 16.9 Å². The highest BCUT2D eigenvalue weighted by Crippen LogP contribution is 2.36. The van der Waals surface area contributed by atoms with Crippen molar-refractivity contribution in [3.05, 3.63) is 48.3 Å². The molecule has 0 saturated carbocycles. The molecule has 0 spiro atoms. The van der Waals surface area contributed by atoms with Crippen molar-refractivity contribution in [3.63, 3.8) is 0 Å². The van der Waals surface area contributed by atoms with Gasteiger partial charge in [-0.1, -0.05) is 31.2 Å². The summed E-state index contributed by atoms with van der Waals surface area (Å²) >= 11 is 0. The molecule has 2 aromatic carbocycles. The number of aliphatic hydroxyl groups is 1.